The second-order valence-corrected chi connectivity index (χ2v) is 7.63. The van der Waals surface area contributed by atoms with Crippen molar-refractivity contribution in [3.8, 4) is 0 Å². The molecule has 3 unspecified atom stereocenters. The number of ether oxygens (including phenoxy) is 3. The van der Waals surface area contributed by atoms with Gasteiger partial charge in [0.15, 0.2) is 12.5 Å². The third kappa shape index (κ3) is 6.21. The highest BCUT2D eigenvalue weighted by Gasteiger charge is 2.46. The van der Waals surface area contributed by atoms with Crippen LogP contribution in [0.4, 0.5) is 11.5 Å². The van der Waals surface area contributed by atoms with Crippen LogP contribution in [0.2, 0.25) is 0 Å². The fraction of sp³-hybridized carbons (Fsp3) is 0.476. The zero-order valence-corrected chi connectivity index (χ0v) is 18.6. The van der Waals surface area contributed by atoms with Crippen molar-refractivity contribution in [1.29, 1.82) is 0 Å². The van der Waals surface area contributed by atoms with Crippen LogP contribution < -0.4 is 11.0 Å². The standard InChI is InChI=1S/C21H26N4O9/c1-12(27)22-17-7-9-24(21(29)23-17)20-19(18(28)16(11-26)34-20)33-13(2)32-10-8-14-3-5-15(6-4-14)25(30)31/h3-7,9,13,16,18-20,26,28H,8,10-11H2,1-2H3,(H,22,23,27,29)/t13?,16-,18?,19?,20-/m1/s1. The first kappa shape index (κ1) is 25.4. The van der Waals surface area contributed by atoms with E-state index in [1.165, 1.54) is 31.3 Å². The molecule has 1 aromatic heterocycles. The lowest BCUT2D eigenvalue weighted by molar-refractivity contribution is -0.384. The molecule has 0 aliphatic carbocycles. The van der Waals surface area contributed by atoms with Crippen molar-refractivity contribution in [1.82, 2.24) is 9.55 Å². The number of nitro benzene ring substituents is 1. The maximum Gasteiger partial charge on any atom is 0.351 e. The molecule has 1 fully saturated rings. The number of non-ortho nitro benzene ring substituents is 1. The number of aliphatic hydroxyl groups excluding tert-OH is 2. The van der Waals surface area contributed by atoms with Gasteiger partial charge >= 0.3 is 5.69 Å². The molecule has 0 spiro atoms. The average molecular weight is 478 g/mol. The Kier molecular flexibility index (Phi) is 8.41. The first-order valence-corrected chi connectivity index (χ1v) is 10.5. The molecular formula is C21H26N4O9. The highest BCUT2D eigenvalue weighted by molar-refractivity contribution is 5.87. The van der Waals surface area contributed by atoms with Gasteiger partial charge in [-0.25, -0.2) is 4.79 Å². The Morgan fingerprint density at radius 2 is 2.06 bits per heavy atom. The summed E-state index contributed by atoms with van der Waals surface area (Å²) in [5, 5.41) is 33.2. The molecule has 1 aromatic carbocycles. The van der Waals surface area contributed by atoms with Gasteiger partial charge in [0.25, 0.3) is 5.69 Å². The van der Waals surface area contributed by atoms with E-state index in [0.717, 1.165) is 10.1 Å². The number of nitrogens with one attached hydrogen (secondary N) is 1. The van der Waals surface area contributed by atoms with Crippen molar-refractivity contribution in [3.63, 3.8) is 0 Å². The number of aromatic nitrogens is 2. The molecule has 2 aromatic rings. The molecule has 1 saturated heterocycles. The largest absolute Gasteiger partial charge is 0.394 e. The normalized spacial score (nSPS) is 22.9. The van der Waals surface area contributed by atoms with E-state index in [0.29, 0.717) is 6.42 Å². The lowest BCUT2D eigenvalue weighted by Gasteiger charge is -2.25. The Bertz CT molecular complexity index is 1060. The lowest BCUT2D eigenvalue weighted by Crippen LogP contribution is -2.40. The SMILES string of the molecule is CC(=O)Nc1ccn([C@@H]2O[C@H](CO)C(O)C2OC(C)OCCc2ccc([N+](=O)[O-])cc2)c(=O)n1. The van der Waals surface area contributed by atoms with Crippen LogP contribution in [0.15, 0.2) is 41.3 Å². The number of amides is 1. The summed E-state index contributed by atoms with van der Waals surface area (Å²) in [6.07, 6.45) is -3.41. The van der Waals surface area contributed by atoms with Gasteiger partial charge < -0.3 is 29.7 Å². The number of aliphatic hydroxyl groups is 2. The van der Waals surface area contributed by atoms with E-state index < -0.39 is 54.0 Å². The summed E-state index contributed by atoms with van der Waals surface area (Å²) in [4.78, 5) is 37.7. The van der Waals surface area contributed by atoms with Crippen LogP contribution in [-0.2, 0) is 25.4 Å². The van der Waals surface area contributed by atoms with E-state index in [9.17, 15) is 29.9 Å². The van der Waals surface area contributed by atoms with Gasteiger partial charge in [0, 0.05) is 25.3 Å². The number of rotatable bonds is 10. The Hall–Kier alpha value is -3.23. The van der Waals surface area contributed by atoms with E-state index >= 15 is 0 Å². The van der Waals surface area contributed by atoms with Crippen molar-refractivity contribution in [2.45, 2.75) is 51.1 Å². The van der Waals surface area contributed by atoms with Gasteiger partial charge in [-0.3, -0.25) is 19.5 Å². The van der Waals surface area contributed by atoms with Gasteiger partial charge in [0.2, 0.25) is 5.91 Å². The molecule has 13 nitrogen and oxygen atoms in total. The Morgan fingerprint density at radius 1 is 1.35 bits per heavy atom. The van der Waals surface area contributed by atoms with Gasteiger partial charge in [-0.15, -0.1) is 0 Å². The van der Waals surface area contributed by atoms with Gasteiger partial charge in [0.05, 0.1) is 18.1 Å². The van der Waals surface area contributed by atoms with Gasteiger partial charge in [0.1, 0.15) is 24.1 Å². The highest BCUT2D eigenvalue weighted by Crippen LogP contribution is 2.31. The van der Waals surface area contributed by atoms with Crippen LogP contribution >= 0.6 is 0 Å². The second kappa shape index (κ2) is 11.3. The van der Waals surface area contributed by atoms with Crippen LogP contribution in [0.1, 0.15) is 25.6 Å². The second-order valence-electron chi connectivity index (χ2n) is 7.63. The number of nitrogens with zero attached hydrogens (tertiary/aromatic N) is 3. The minimum atomic E-state index is -1.25. The quantitative estimate of drug-likeness (QED) is 0.245. The van der Waals surface area contributed by atoms with E-state index in [1.807, 2.05) is 0 Å². The summed E-state index contributed by atoms with van der Waals surface area (Å²) in [7, 11) is 0. The molecule has 3 N–H and O–H groups in total. The summed E-state index contributed by atoms with van der Waals surface area (Å²) in [5.74, 6) is -0.329. The summed E-state index contributed by atoms with van der Waals surface area (Å²) >= 11 is 0. The molecule has 0 saturated carbocycles. The summed E-state index contributed by atoms with van der Waals surface area (Å²) < 4.78 is 18.2. The van der Waals surface area contributed by atoms with Gasteiger partial charge in [-0.05, 0) is 25.0 Å². The van der Waals surface area contributed by atoms with Gasteiger partial charge in [-0.1, -0.05) is 12.1 Å². The summed E-state index contributed by atoms with van der Waals surface area (Å²) in [6, 6.07) is 7.47. The predicted octanol–water partition coefficient (Wildman–Crippen LogP) is 0.351. The van der Waals surface area contributed by atoms with E-state index in [1.54, 1.807) is 19.1 Å². The molecule has 13 heteroatoms. The smallest absolute Gasteiger partial charge is 0.351 e. The van der Waals surface area contributed by atoms with Gasteiger partial charge in [-0.2, -0.15) is 4.98 Å². The number of carbonyl (C=O) groups excluding carboxylic acids is 1. The molecule has 5 atom stereocenters. The molecule has 34 heavy (non-hydrogen) atoms. The predicted molar refractivity (Wildman–Crippen MR) is 117 cm³/mol. The lowest BCUT2D eigenvalue weighted by atomic mass is 10.1. The Labute approximate surface area is 194 Å². The molecule has 1 aliphatic rings. The van der Waals surface area contributed by atoms with Crippen molar-refractivity contribution >= 4 is 17.4 Å². The molecule has 0 radical (unpaired) electrons. The maximum atomic E-state index is 12.5. The number of hydrogen-bond acceptors (Lipinski definition) is 10. The molecule has 2 heterocycles. The number of benzene rings is 1. The van der Waals surface area contributed by atoms with E-state index in [2.05, 4.69) is 10.3 Å². The van der Waals surface area contributed by atoms with Crippen LogP contribution in [-0.4, -0.2) is 68.4 Å². The van der Waals surface area contributed by atoms with E-state index in [-0.39, 0.29) is 18.1 Å². The van der Waals surface area contributed by atoms with Crippen molar-refractivity contribution in [2.75, 3.05) is 18.5 Å². The fourth-order valence-electron chi connectivity index (χ4n) is 3.48. The summed E-state index contributed by atoms with van der Waals surface area (Å²) in [5.41, 5.74) is 0.0791. The molecular weight excluding hydrogens is 452 g/mol. The highest BCUT2D eigenvalue weighted by atomic mass is 16.7. The minimum absolute atomic E-state index is 0.00379. The van der Waals surface area contributed by atoms with Crippen molar-refractivity contribution in [3.05, 3.63) is 62.7 Å². The molecule has 184 valence electrons. The molecule has 1 amide bonds. The number of anilines is 1. The maximum absolute atomic E-state index is 12.5. The molecule has 3 rings (SSSR count). The third-order valence-electron chi connectivity index (χ3n) is 5.14. The Balaban J connectivity index is 1.64. The van der Waals surface area contributed by atoms with Crippen molar-refractivity contribution < 1.29 is 34.1 Å². The third-order valence-corrected chi connectivity index (χ3v) is 5.14. The topological polar surface area (TPSA) is 175 Å². The number of hydrogen-bond donors (Lipinski definition) is 3. The van der Waals surface area contributed by atoms with Crippen LogP contribution in [0.5, 0.6) is 0 Å². The molecule has 0 bridgehead atoms. The first-order chi connectivity index (χ1) is 16.2. The minimum Gasteiger partial charge on any atom is -0.394 e. The van der Waals surface area contributed by atoms with Crippen LogP contribution in [0, 0.1) is 10.1 Å². The van der Waals surface area contributed by atoms with Crippen LogP contribution in [0.3, 0.4) is 0 Å². The number of nitro groups is 1. The number of carbonyl (C=O) groups is 1. The van der Waals surface area contributed by atoms with Crippen LogP contribution in [0.25, 0.3) is 0 Å². The zero-order valence-electron chi connectivity index (χ0n) is 18.6. The molecule has 1 aliphatic heterocycles. The van der Waals surface area contributed by atoms with E-state index in [4.69, 9.17) is 14.2 Å². The zero-order chi connectivity index (χ0) is 24.8. The first-order valence-electron chi connectivity index (χ1n) is 10.5. The fourth-order valence-corrected chi connectivity index (χ4v) is 3.48. The Morgan fingerprint density at radius 3 is 2.65 bits per heavy atom. The summed E-state index contributed by atoms with van der Waals surface area (Å²) in [6.45, 7) is 2.61. The van der Waals surface area contributed by atoms with Crippen molar-refractivity contribution in [2.24, 2.45) is 0 Å². The monoisotopic (exact) mass is 478 g/mol. The average Bonchev–Trinajstić information content (AvgIpc) is 3.09.